The lowest BCUT2D eigenvalue weighted by Gasteiger charge is -2.10. The number of carbonyl (C=O) groups is 3. The van der Waals surface area contributed by atoms with Crippen LogP contribution in [0.5, 0.6) is 0 Å². The van der Waals surface area contributed by atoms with Crippen molar-refractivity contribution in [3.05, 3.63) is 84.1 Å². The number of benzene rings is 2. The molecular formula is C28H28N6O3. The summed E-state index contributed by atoms with van der Waals surface area (Å²) in [5.74, 6) is 6.20. The van der Waals surface area contributed by atoms with Crippen molar-refractivity contribution in [3.63, 3.8) is 0 Å². The topological polar surface area (TPSA) is 139 Å². The van der Waals surface area contributed by atoms with Crippen LogP contribution in [0.2, 0.25) is 0 Å². The number of hydrogen-bond acceptors (Lipinski definition) is 7. The highest BCUT2D eigenvalue weighted by Gasteiger charge is 2.08. The maximum atomic E-state index is 12.1. The number of ketones is 1. The van der Waals surface area contributed by atoms with Gasteiger partial charge in [0.1, 0.15) is 5.82 Å². The molecule has 188 valence electrons. The van der Waals surface area contributed by atoms with Crippen LogP contribution in [-0.4, -0.2) is 34.1 Å². The molecule has 0 fully saturated rings. The molecule has 9 heteroatoms. The summed E-state index contributed by atoms with van der Waals surface area (Å²) in [6.45, 7) is 6.16. The number of carbonyl (C=O) groups excluding carboxylic acids is 3. The van der Waals surface area contributed by atoms with Crippen LogP contribution in [0.1, 0.15) is 47.7 Å². The molecule has 1 aromatic heterocycles. The lowest BCUT2D eigenvalue weighted by Crippen LogP contribution is -2.12. The summed E-state index contributed by atoms with van der Waals surface area (Å²) in [7, 11) is 0. The SMILES string of the molecule is C=CC(=O)CCC(=O)Nc1cccc(C#Cc2cnc(Nc3ccc(C(N)=O)cc3)nc2NCCC)c1. The lowest BCUT2D eigenvalue weighted by atomic mass is 10.1. The number of nitrogens with one attached hydrogen (secondary N) is 3. The van der Waals surface area contributed by atoms with Crippen molar-refractivity contribution in [2.24, 2.45) is 5.73 Å². The molecule has 1 heterocycles. The minimum absolute atomic E-state index is 0.0836. The standard InChI is InChI=1S/C28H28N6O3/c1-3-16-30-27-21(18-31-28(34-27)33-22-12-10-20(11-13-22)26(29)37)9-8-19-6-5-7-23(17-19)32-25(36)15-14-24(35)4-2/h4-7,10-13,17-18H,2-3,14-16H2,1H3,(H2,29,37)(H,32,36)(H2,30,31,33,34). The van der Waals surface area contributed by atoms with E-state index < -0.39 is 5.91 Å². The molecule has 37 heavy (non-hydrogen) atoms. The molecule has 0 atom stereocenters. The van der Waals surface area contributed by atoms with Gasteiger partial charge in [0.15, 0.2) is 5.78 Å². The Balaban J connectivity index is 1.75. The van der Waals surface area contributed by atoms with Crippen molar-refractivity contribution >= 4 is 40.7 Å². The number of nitrogens with two attached hydrogens (primary N) is 1. The maximum Gasteiger partial charge on any atom is 0.248 e. The highest BCUT2D eigenvalue weighted by atomic mass is 16.2. The molecule has 0 aliphatic rings. The van der Waals surface area contributed by atoms with Gasteiger partial charge in [0.25, 0.3) is 0 Å². The molecular weight excluding hydrogens is 468 g/mol. The minimum Gasteiger partial charge on any atom is -0.369 e. The first-order chi connectivity index (χ1) is 17.9. The average Bonchev–Trinajstić information content (AvgIpc) is 2.90. The number of amides is 2. The van der Waals surface area contributed by atoms with Crippen LogP contribution >= 0.6 is 0 Å². The quantitative estimate of drug-likeness (QED) is 0.232. The van der Waals surface area contributed by atoms with Gasteiger partial charge >= 0.3 is 0 Å². The molecule has 5 N–H and O–H groups in total. The first-order valence-electron chi connectivity index (χ1n) is 11.7. The Morgan fingerprint density at radius 3 is 2.54 bits per heavy atom. The van der Waals surface area contributed by atoms with Crippen LogP contribution in [-0.2, 0) is 9.59 Å². The number of aromatic nitrogens is 2. The van der Waals surface area contributed by atoms with Crippen molar-refractivity contribution in [1.82, 2.24) is 9.97 Å². The fourth-order valence-corrected chi connectivity index (χ4v) is 3.14. The zero-order valence-corrected chi connectivity index (χ0v) is 20.5. The summed E-state index contributed by atoms with van der Waals surface area (Å²) < 4.78 is 0. The van der Waals surface area contributed by atoms with Gasteiger partial charge in [-0.3, -0.25) is 14.4 Å². The Bertz CT molecular complexity index is 1360. The second-order valence-electron chi connectivity index (χ2n) is 8.00. The van der Waals surface area contributed by atoms with Gasteiger partial charge in [0.05, 0.1) is 11.8 Å². The summed E-state index contributed by atoms with van der Waals surface area (Å²) in [5, 5.41) is 9.15. The van der Waals surface area contributed by atoms with E-state index in [0.29, 0.717) is 46.4 Å². The van der Waals surface area contributed by atoms with Gasteiger partial charge in [-0.05, 0) is 55.0 Å². The van der Waals surface area contributed by atoms with E-state index in [-0.39, 0.29) is 24.5 Å². The molecule has 3 aromatic rings. The minimum atomic E-state index is -0.496. The van der Waals surface area contributed by atoms with Gasteiger partial charge in [-0.2, -0.15) is 4.98 Å². The molecule has 3 rings (SSSR count). The highest BCUT2D eigenvalue weighted by molar-refractivity contribution is 5.96. The highest BCUT2D eigenvalue weighted by Crippen LogP contribution is 2.18. The third-order valence-corrected chi connectivity index (χ3v) is 5.07. The number of allylic oxidation sites excluding steroid dienone is 1. The van der Waals surface area contributed by atoms with Crippen LogP contribution in [0, 0.1) is 11.8 Å². The predicted molar refractivity (Wildman–Crippen MR) is 145 cm³/mol. The van der Waals surface area contributed by atoms with Crippen molar-refractivity contribution < 1.29 is 14.4 Å². The van der Waals surface area contributed by atoms with Crippen LogP contribution in [0.3, 0.4) is 0 Å². The van der Waals surface area contributed by atoms with Crippen LogP contribution < -0.4 is 21.7 Å². The first-order valence-corrected chi connectivity index (χ1v) is 11.7. The third kappa shape index (κ3) is 8.33. The Kier molecular flexibility index (Phi) is 9.51. The number of nitrogens with zero attached hydrogens (tertiary/aromatic N) is 2. The largest absolute Gasteiger partial charge is 0.369 e. The van der Waals surface area contributed by atoms with Gasteiger partial charge in [0, 0.05) is 41.9 Å². The summed E-state index contributed by atoms with van der Waals surface area (Å²) in [6.07, 6.45) is 3.93. The second-order valence-corrected chi connectivity index (χ2v) is 8.00. The first kappa shape index (κ1) is 26.6. The van der Waals surface area contributed by atoms with Gasteiger partial charge in [0.2, 0.25) is 17.8 Å². The van der Waals surface area contributed by atoms with E-state index >= 15 is 0 Å². The summed E-state index contributed by atoms with van der Waals surface area (Å²) >= 11 is 0. The van der Waals surface area contributed by atoms with Crippen molar-refractivity contribution in [2.75, 3.05) is 22.5 Å². The van der Waals surface area contributed by atoms with Crippen LogP contribution in [0.15, 0.2) is 67.4 Å². The Morgan fingerprint density at radius 1 is 1.05 bits per heavy atom. The molecule has 0 radical (unpaired) electrons. The van der Waals surface area contributed by atoms with Gasteiger partial charge in [-0.1, -0.05) is 31.4 Å². The summed E-state index contributed by atoms with van der Waals surface area (Å²) in [4.78, 5) is 43.6. The second kappa shape index (κ2) is 13.2. The molecule has 0 unspecified atom stereocenters. The fourth-order valence-electron chi connectivity index (χ4n) is 3.14. The van der Waals surface area contributed by atoms with Crippen LogP contribution in [0.4, 0.5) is 23.1 Å². The van der Waals surface area contributed by atoms with Gasteiger partial charge < -0.3 is 21.7 Å². The normalized spacial score (nSPS) is 9.97. The van der Waals surface area contributed by atoms with E-state index in [1.807, 2.05) is 13.0 Å². The summed E-state index contributed by atoms with van der Waals surface area (Å²) in [5.41, 5.74) is 8.30. The van der Waals surface area contributed by atoms with Gasteiger partial charge in [-0.15, -0.1) is 0 Å². The van der Waals surface area contributed by atoms with E-state index in [4.69, 9.17) is 5.73 Å². The molecule has 0 saturated heterocycles. The number of anilines is 4. The van der Waals surface area contributed by atoms with E-state index in [2.05, 4.69) is 44.3 Å². The molecule has 0 aliphatic heterocycles. The third-order valence-electron chi connectivity index (χ3n) is 5.07. The lowest BCUT2D eigenvalue weighted by molar-refractivity contribution is -0.120. The molecule has 0 aliphatic carbocycles. The maximum absolute atomic E-state index is 12.1. The van der Waals surface area contributed by atoms with E-state index in [0.717, 1.165) is 6.42 Å². The molecule has 0 spiro atoms. The van der Waals surface area contributed by atoms with Crippen molar-refractivity contribution in [2.45, 2.75) is 26.2 Å². The number of rotatable bonds is 11. The Hall–Kier alpha value is -4.97. The molecule has 9 nitrogen and oxygen atoms in total. The van der Waals surface area contributed by atoms with E-state index in [9.17, 15) is 14.4 Å². The zero-order chi connectivity index (χ0) is 26.6. The smallest absolute Gasteiger partial charge is 0.248 e. The van der Waals surface area contributed by atoms with Crippen molar-refractivity contribution in [3.8, 4) is 11.8 Å². The molecule has 2 amide bonds. The zero-order valence-electron chi connectivity index (χ0n) is 20.5. The van der Waals surface area contributed by atoms with E-state index in [1.54, 1.807) is 48.7 Å². The van der Waals surface area contributed by atoms with Crippen molar-refractivity contribution in [1.29, 1.82) is 0 Å². The van der Waals surface area contributed by atoms with Crippen LogP contribution in [0.25, 0.3) is 0 Å². The molecule has 0 bridgehead atoms. The molecule has 0 saturated carbocycles. The van der Waals surface area contributed by atoms with E-state index in [1.165, 1.54) is 6.08 Å². The number of primary amides is 1. The Morgan fingerprint density at radius 2 is 1.84 bits per heavy atom. The van der Waals surface area contributed by atoms with Gasteiger partial charge in [-0.25, -0.2) is 4.98 Å². The monoisotopic (exact) mass is 496 g/mol. The molecule has 2 aromatic carbocycles. The predicted octanol–water partition coefficient (Wildman–Crippen LogP) is 4.01. The fraction of sp³-hybridized carbons (Fsp3) is 0.179. The summed E-state index contributed by atoms with van der Waals surface area (Å²) in [6, 6.07) is 13.8. The number of hydrogen-bond donors (Lipinski definition) is 4. The average molecular weight is 497 g/mol. The Labute approximate surface area is 215 Å².